The second-order valence-electron chi connectivity index (χ2n) is 3.31. The highest BCUT2D eigenvalue weighted by Crippen LogP contribution is 2.22. The van der Waals surface area contributed by atoms with Crippen LogP contribution in [0.5, 0.6) is 0 Å². The lowest BCUT2D eigenvalue weighted by atomic mass is 10.1. The van der Waals surface area contributed by atoms with Crippen LogP contribution in [0.1, 0.15) is 11.6 Å². The molecule has 70 valence electrons. The van der Waals surface area contributed by atoms with Gasteiger partial charge in [-0.1, -0.05) is 30.3 Å². The number of nitrogens with zero attached hydrogens (tertiary/aromatic N) is 1. The van der Waals surface area contributed by atoms with E-state index in [0.29, 0.717) is 6.04 Å². The number of rotatable bonds is 1. The smallest absolute Gasteiger partial charge is 0.0640 e. The second kappa shape index (κ2) is 3.90. The van der Waals surface area contributed by atoms with E-state index in [2.05, 4.69) is 36.2 Å². The summed E-state index contributed by atoms with van der Waals surface area (Å²) < 4.78 is 5.43. The lowest BCUT2D eigenvalue weighted by molar-refractivity contribution is 0.0139. The molecule has 0 amide bonds. The van der Waals surface area contributed by atoms with E-state index in [1.807, 2.05) is 6.07 Å². The summed E-state index contributed by atoms with van der Waals surface area (Å²) in [7, 11) is 4.01. The van der Waals surface area contributed by atoms with Gasteiger partial charge in [0.05, 0.1) is 13.2 Å². The van der Waals surface area contributed by atoms with E-state index in [4.69, 9.17) is 4.74 Å². The predicted molar refractivity (Wildman–Crippen MR) is 52.1 cm³/mol. The van der Waals surface area contributed by atoms with Gasteiger partial charge in [0, 0.05) is 6.04 Å². The molecule has 13 heavy (non-hydrogen) atoms. The monoisotopic (exact) mass is 176 g/mol. The average Bonchev–Trinajstić information content (AvgIpc) is 2.20. The van der Waals surface area contributed by atoms with Gasteiger partial charge in [-0.25, -0.2) is 0 Å². The van der Waals surface area contributed by atoms with Crippen LogP contribution in [0.25, 0.3) is 0 Å². The van der Waals surface area contributed by atoms with Gasteiger partial charge in [0.1, 0.15) is 0 Å². The van der Waals surface area contributed by atoms with Gasteiger partial charge in [-0.15, -0.1) is 0 Å². The standard InChI is InChI=1S/C11H14NO/c1-12-7-8-13-9-11(12)10-5-3-2-4-6-10/h2-6,11H,1,7-9H2/q-1. The van der Waals surface area contributed by atoms with Crippen LogP contribution < -0.4 is 0 Å². The molecule has 2 rings (SSSR count). The molecule has 1 unspecified atom stereocenters. The summed E-state index contributed by atoms with van der Waals surface area (Å²) in [5, 5.41) is 0. The fraction of sp³-hybridized carbons (Fsp3) is 0.364. The molecule has 1 aromatic carbocycles. The Kier molecular flexibility index (Phi) is 2.62. The lowest BCUT2D eigenvalue weighted by Gasteiger charge is -2.39. The third-order valence-electron chi connectivity index (χ3n) is 2.42. The first kappa shape index (κ1) is 8.73. The summed E-state index contributed by atoms with van der Waals surface area (Å²) in [6.07, 6.45) is 0. The normalized spacial score (nSPS) is 24.5. The van der Waals surface area contributed by atoms with Gasteiger partial charge in [0.2, 0.25) is 0 Å². The summed E-state index contributed by atoms with van der Waals surface area (Å²) in [6, 6.07) is 10.7. The molecule has 2 heteroatoms. The topological polar surface area (TPSA) is 12.5 Å². The predicted octanol–water partition coefficient (Wildman–Crippen LogP) is 1.85. The maximum Gasteiger partial charge on any atom is 0.0640 e. The van der Waals surface area contributed by atoms with Crippen molar-refractivity contribution in [1.29, 1.82) is 0 Å². The minimum absolute atomic E-state index is 0.329. The van der Waals surface area contributed by atoms with Crippen molar-refractivity contribution in [2.45, 2.75) is 6.04 Å². The summed E-state index contributed by atoms with van der Waals surface area (Å²) >= 11 is 0. The molecule has 1 saturated heterocycles. The molecular formula is C11H14NO-. The third kappa shape index (κ3) is 1.90. The molecule has 1 aliphatic rings. The van der Waals surface area contributed by atoms with E-state index in [9.17, 15) is 0 Å². The van der Waals surface area contributed by atoms with Gasteiger partial charge >= 0.3 is 0 Å². The zero-order valence-electron chi connectivity index (χ0n) is 7.65. The van der Waals surface area contributed by atoms with E-state index < -0.39 is 0 Å². The molecule has 0 aliphatic carbocycles. The highest BCUT2D eigenvalue weighted by atomic mass is 16.5. The van der Waals surface area contributed by atoms with Crippen molar-refractivity contribution in [1.82, 2.24) is 4.90 Å². The molecule has 1 aromatic rings. The van der Waals surface area contributed by atoms with Gasteiger partial charge < -0.3 is 9.64 Å². The van der Waals surface area contributed by atoms with Crippen molar-refractivity contribution >= 4 is 0 Å². The second-order valence-corrected chi connectivity index (χ2v) is 3.31. The molecule has 1 atom stereocenters. The SMILES string of the molecule is [CH2-]N1CCOCC1c1ccccc1. The largest absolute Gasteiger partial charge is 0.449 e. The van der Waals surface area contributed by atoms with Crippen molar-refractivity contribution in [3.8, 4) is 0 Å². The van der Waals surface area contributed by atoms with Crippen LogP contribution in [0.2, 0.25) is 0 Å². The Morgan fingerprint density at radius 1 is 1.31 bits per heavy atom. The molecule has 0 radical (unpaired) electrons. The zero-order valence-corrected chi connectivity index (χ0v) is 7.65. The van der Waals surface area contributed by atoms with Gasteiger partial charge in [0.25, 0.3) is 0 Å². The highest BCUT2D eigenvalue weighted by Gasteiger charge is 2.16. The number of morpholine rings is 1. The molecular weight excluding hydrogens is 162 g/mol. The van der Waals surface area contributed by atoms with Crippen LogP contribution in [0.4, 0.5) is 0 Å². The third-order valence-corrected chi connectivity index (χ3v) is 2.42. The number of ether oxygens (including phenoxy) is 1. The molecule has 0 N–H and O–H groups in total. The van der Waals surface area contributed by atoms with Crippen molar-refractivity contribution < 1.29 is 4.74 Å². The Balaban J connectivity index is 2.15. The summed E-state index contributed by atoms with van der Waals surface area (Å²) in [5.74, 6) is 0. The first-order valence-corrected chi connectivity index (χ1v) is 4.58. The molecule has 1 heterocycles. The maximum absolute atomic E-state index is 5.43. The van der Waals surface area contributed by atoms with Gasteiger partial charge in [0.15, 0.2) is 0 Å². The van der Waals surface area contributed by atoms with Crippen molar-refractivity contribution in [3.63, 3.8) is 0 Å². The van der Waals surface area contributed by atoms with E-state index in [0.717, 1.165) is 19.8 Å². The molecule has 0 spiro atoms. The molecule has 1 aliphatic heterocycles. The first-order valence-electron chi connectivity index (χ1n) is 4.58. The first-order chi connectivity index (χ1) is 6.38. The van der Waals surface area contributed by atoms with Crippen molar-refractivity contribution in [2.75, 3.05) is 19.8 Å². The van der Waals surface area contributed by atoms with Crippen LogP contribution in [0.3, 0.4) is 0 Å². The van der Waals surface area contributed by atoms with Gasteiger partial charge in [-0.3, -0.25) is 7.05 Å². The number of hydrogen-bond donors (Lipinski definition) is 0. The molecule has 0 bridgehead atoms. The highest BCUT2D eigenvalue weighted by molar-refractivity contribution is 5.19. The van der Waals surface area contributed by atoms with Crippen LogP contribution in [-0.4, -0.2) is 24.7 Å². The summed E-state index contributed by atoms with van der Waals surface area (Å²) in [5.41, 5.74) is 1.29. The maximum atomic E-state index is 5.43. The molecule has 1 fully saturated rings. The Bertz CT molecular complexity index is 260. The minimum Gasteiger partial charge on any atom is -0.449 e. The lowest BCUT2D eigenvalue weighted by Crippen LogP contribution is -2.34. The quantitative estimate of drug-likeness (QED) is 0.605. The minimum atomic E-state index is 0.329. The number of hydrogen-bond acceptors (Lipinski definition) is 2. The van der Waals surface area contributed by atoms with Crippen LogP contribution in [-0.2, 0) is 4.74 Å². The van der Waals surface area contributed by atoms with Crippen molar-refractivity contribution in [3.05, 3.63) is 42.9 Å². The Hall–Kier alpha value is -0.860. The Labute approximate surface area is 79.1 Å². The zero-order chi connectivity index (χ0) is 9.10. The van der Waals surface area contributed by atoms with Gasteiger partial charge in [-0.2, -0.15) is 0 Å². The summed E-state index contributed by atoms with van der Waals surface area (Å²) in [6.45, 7) is 2.47. The molecule has 2 nitrogen and oxygen atoms in total. The Morgan fingerprint density at radius 3 is 2.77 bits per heavy atom. The van der Waals surface area contributed by atoms with E-state index in [1.54, 1.807) is 0 Å². The number of benzene rings is 1. The molecule has 0 aromatic heterocycles. The molecule has 0 saturated carbocycles. The fourth-order valence-corrected chi connectivity index (χ4v) is 1.62. The summed E-state index contributed by atoms with van der Waals surface area (Å²) in [4.78, 5) is 2.10. The van der Waals surface area contributed by atoms with Crippen molar-refractivity contribution in [2.24, 2.45) is 0 Å². The average molecular weight is 176 g/mol. The van der Waals surface area contributed by atoms with E-state index in [-0.39, 0.29) is 0 Å². The van der Waals surface area contributed by atoms with Crippen LogP contribution in [0.15, 0.2) is 30.3 Å². The fourth-order valence-electron chi connectivity index (χ4n) is 1.62. The van der Waals surface area contributed by atoms with E-state index in [1.165, 1.54) is 5.56 Å². The van der Waals surface area contributed by atoms with E-state index >= 15 is 0 Å². The van der Waals surface area contributed by atoms with Crippen LogP contribution >= 0.6 is 0 Å². The van der Waals surface area contributed by atoms with Crippen LogP contribution in [0, 0.1) is 7.05 Å². The Morgan fingerprint density at radius 2 is 2.08 bits per heavy atom. The van der Waals surface area contributed by atoms with Gasteiger partial charge in [-0.05, 0) is 12.1 Å².